The molecule has 1 N–H and O–H groups in total. The van der Waals surface area contributed by atoms with Gasteiger partial charge in [-0.1, -0.05) is 49.4 Å². The van der Waals surface area contributed by atoms with Crippen LogP contribution in [0.2, 0.25) is 0 Å². The third kappa shape index (κ3) is 3.81. The summed E-state index contributed by atoms with van der Waals surface area (Å²) in [5.74, 6) is 0.0307. The van der Waals surface area contributed by atoms with Crippen LogP contribution in [0.4, 0.5) is 0 Å². The van der Waals surface area contributed by atoms with Gasteiger partial charge in [-0.25, -0.2) is 0 Å². The first-order valence-electron chi connectivity index (χ1n) is 8.06. The van der Waals surface area contributed by atoms with Crippen LogP contribution in [0.15, 0.2) is 59.2 Å². The molecule has 0 saturated heterocycles. The van der Waals surface area contributed by atoms with Crippen molar-refractivity contribution in [2.75, 3.05) is 6.54 Å². The van der Waals surface area contributed by atoms with E-state index in [1.807, 2.05) is 30.3 Å². The number of hydrogen-bond acceptors (Lipinski definition) is 2. The van der Waals surface area contributed by atoms with Crippen LogP contribution in [0, 0.1) is 0 Å². The summed E-state index contributed by atoms with van der Waals surface area (Å²) in [7, 11) is 0. The molecule has 23 heavy (non-hydrogen) atoms. The van der Waals surface area contributed by atoms with Crippen molar-refractivity contribution in [3.8, 4) is 0 Å². The van der Waals surface area contributed by atoms with Crippen molar-refractivity contribution in [1.82, 2.24) is 5.32 Å². The fourth-order valence-electron chi connectivity index (χ4n) is 2.71. The highest BCUT2D eigenvalue weighted by Crippen LogP contribution is 2.23. The van der Waals surface area contributed by atoms with Gasteiger partial charge in [-0.2, -0.15) is 0 Å². The predicted octanol–water partition coefficient (Wildman–Crippen LogP) is 3.90. The Kier molecular flexibility index (Phi) is 4.77. The molecule has 3 heteroatoms. The minimum absolute atomic E-state index is 0.0307. The summed E-state index contributed by atoms with van der Waals surface area (Å²) < 4.78 is 5.59. The predicted molar refractivity (Wildman–Crippen MR) is 92.5 cm³/mol. The lowest BCUT2D eigenvalue weighted by Crippen LogP contribution is -2.27. The maximum absolute atomic E-state index is 12.1. The number of benzene rings is 2. The average Bonchev–Trinajstić information content (AvgIpc) is 2.98. The Labute approximate surface area is 136 Å². The summed E-state index contributed by atoms with van der Waals surface area (Å²) in [4.78, 5) is 12.1. The molecule has 0 bridgehead atoms. The Balaban J connectivity index is 1.57. The zero-order chi connectivity index (χ0) is 16.1. The van der Waals surface area contributed by atoms with Gasteiger partial charge in [0.25, 0.3) is 0 Å². The van der Waals surface area contributed by atoms with Crippen LogP contribution in [0.3, 0.4) is 0 Å². The van der Waals surface area contributed by atoms with E-state index in [-0.39, 0.29) is 5.91 Å². The molecule has 0 radical (unpaired) electrons. The maximum atomic E-state index is 12.1. The molecule has 0 fully saturated rings. The molecule has 3 aromatic rings. The second-order valence-corrected chi connectivity index (χ2v) is 5.71. The van der Waals surface area contributed by atoms with Gasteiger partial charge in [-0.3, -0.25) is 4.79 Å². The molecule has 3 nitrogen and oxygen atoms in total. The molecule has 0 spiro atoms. The second-order valence-electron chi connectivity index (χ2n) is 5.71. The molecule has 0 aliphatic rings. The van der Waals surface area contributed by atoms with Gasteiger partial charge in [0.2, 0.25) is 5.91 Å². The molecule has 0 unspecified atom stereocenters. The van der Waals surface area contributed by atoms with E-state index in [1.54, 1.807) is 6.26 Å². The van der Waals surface area contributed by atoms with E-state index >= 15 is 0 Å². The van der Waals surface area contributed by atoms with Crippen LogP contribution in [0.1, 0.15) is 23.6 Å². The zero-order valence-electron chi connectivity index (χ0n) is 13.3. The summed E-state index contributed by atoms with van der Waals surface area (Å²) in [6.07, 6.45) is 3.87. The highest BCUT2D eigenvalue weighted by Gasteiger charge is 2.10. The van der Waals surface area contributed by atoms with Crippen LogP contribution in [0.5, 0.6) is 0 Å². The zero-order valence-corrected chi connectivity index (χ0v) is 13.3. The SMILES string of the molecule is CCc1ccc2c(CC(=O)NCCc3ccccc3)coc2c1. The van der Waals surface area contributed by atoms with E-state index in [1.165, 1.54) is 11.1 Å². The first-order valence-corrected chi connectivity index (χ1v) is 8.06. The molecule has 0 atom stereocenters. The van der Waals surface area contributed by atoms with E-state index < -0.39 is 0 Å². The van der Waals surface area contributed by atoms with Gasteiger partial charge in [0.1, 0.15) is 5.58 Å². The summed E-state index contributed by atoms with van der Waals surface area (Å²) in [6.45, 7) is 2.77. The first-order chi connectivity index (χ1) is 11.3. The number of fused-ring (bicyclic) bond motifs is 1. The van der Waals surface area contributed by atoms with E-state index in [0.717, 1.165) is 29.4 Å². The van der Waals surface area contributed by atoms with Crippen molar-refractivity contribution in [2.45, 2.75) is 26.2 Å². The van der Waals surface area contributed by atoms with Crippen LogP contribution >= 0.6 is 0 Å². The fourth-order valence-corrected chi connectivity index (χ4v) is 2.71. The van der Waals surface area contributed by atoms with E-state index in [0.29, 0.717) is 13.0 Å². The lowest BCUT2D eigenvalue weighted by molar-refractivity contribution is -0.120. The Bertz CT molecular complexity index is 790. The summed E-state index contributed by atoms with van der Waals surface area (Å²) in [6, 6.07) is 16.3. The fraction of sp³-hybridized carbons (Fsp3) is 0.250. The van der Waals surface area contributed by atoms with Gasteiger partial charge in [0.15, 0.2) is 0 Å². The van der Waals surface area contributed by atoms with Crippen molar-refractivity contribution in [1.29, 1.82) is 0 Å². The van der Waals surface area contributed by atoms with E-state index in [2.05, 4.69) is 30.4 Å². The third-order valence-corrected chi connectivity index (χ3v) is 4.06. The van der Waals surface area contributed by atoms with E-state index in [4.69, 9.17) is 4.42 Å². The minimum atomic E-state index is 0.0307. The third-order valence-electron chi connectivity index (χ3n) is 4.06. The minimum Gasteiger partial charge on any atom is -0.464 e. The molecule has 2 aromatic carbocycles. The average molecular weight is 307 g/mol. The lowest BCUT2D eigenvalue weighted by atomic mass is 10.1. The summed E-state index contributed by atoms with van der Waals surface area (Å²) in [5.41, 5.74) is 4.27. The van der Waals surface area contributed by atoms with Crippen LogP contribution < -0.4 is 5.32 Å². The highest BCUT2D eigenvalue weighted by molar-refractivity contribution is 5.87. The van der Waals surface area contributed by atoms with Crippen LogP contribution in [-0.2, 0) is 24.1 Å². The largest absolute Gasteiger partial charge is 0.464 e. The molecule has 1 heterocycles. The molecule has 1 aromatic heterocycles. The Morgan fingerprint density at radius 1 is 1.09 bits per heavy atom. The van der Waals surface area contributed by atoms with Gasteiger partial charge in [-0.15, -0.1) is 0 Å². The van der Waals surface area contributed by atoms with Gasteiger partial charge in [0.05, 0.1) is 12.7 Å². The molecular weight excluding hydrogens is 286 g/mol. The number of amides is 1. The Morgan fingerprint density at radius 2 is 1.91 bits per heavy atom. The van der Waals surface area contributed by atoms with Gasteiger partial charge >= 0.3 is 0 Å². The molecule has 1 amide bonds. The maximum Gasteiger partial charge on any atom is 0.224 e. The van der Waals surface area contributed by atoms with Crippen molar-refractivity contribution in [3.05, 3.63) is 71.5 Å². The number of furan rings is 1. The van der Waals surface area contributed by atoms with E-state index in [9.17, 15) is 4.79 Å². The number of aryl methyl sites for hydroxylation is 1. The van der Waals surface area contributed by atoms with Crippen molar-refractivity contribution >= 4 is 16.9 Å². The topological polar surface area (TPSA) is 42.2 Å². The highest BCUT2D eigenvalue weighted by atomic mass is 16.3. The molecule has 3 rings (SSSR count). The summed E-state index contributed by atoms with van der Waals surface area (Å²) in [5, 5.41) is 4.00. The number of hydrogen-bond donors (Lipinski definition) is 1. The molecule has 118 valence electrons. The normalized spacial score (nSPS) is 10.8. The van der Waals surface area contributed by atoms with Crippen LogP contribution in [0.25, 0.3) is 11.0 Å². The van der Waals surface area contributed by atoms with Crippen molar-refractivity contribution in [2.24, 2.45) is 0 Å². The van der Waals surface area contributed by atoms with Crippen molar-refractivity contribution < 1.29 is 9.21 Å². The number of rotatable bonds is 6. The van der Waals surface area contributed by atoms with Gasteiger partial charge < -0.3 is 9.73 Å². The smallest absolute Gasteiger partial charge is 0.224 e. The molecular formula is C20H21NO2. The molecule has 0 aliphatic carbocycles. The van der Waals surface area contributed by atoms with Gasteiger partial charge in [-0.05, 0) is 30.0 Å². The van der Waals surface area contributed by atoms with Crippen molar-refractivity contribution in [3.63, 3.8) is 0 Å². The van der Waals surface area contributed by atoms with Gasteiger partial charge in [0, 0.05) is 17.5 Å². The number of nitrogens with one attached hydrogen (secondary N) is 1. The lowest BCUT2D eigenvalue weighted by Gasteiger charge is -2.05. The monoisotopic (exact) mass is 307 g/mol. The standard InChI is InChI=1S/C20H21NO2/c1-2-15-8-9-18-17(14-23-19(18)12-15)13-20(22)21-11-10-16-6-4-3-5-7-16/h3-9,12,14H,2,10-11,13H2,1H3,(H,21,22). The Hall–Kier alpha value is -2.55. The first kappa shape index (κ1) is 15.3. The molecule has 0 aliphatic heterocycles. The number of carbonyl (C=O) groups is 1. The second kappa shape index (κ2) is 7.14. The molecule has 0 saturated carbocycles. The quantitative estimate of drug-likeness (QED) is 0.750. The Morgan fingerprint density at radius 3 is 2.70 bits per heavy atom. The number of carbonyl (C=O) groups excluding carboxylic acids is 1. The summed E-state index contributed by atoms with van der Waals surface area (Å²) >= 11 is 0. The van der Waals surface area contributed by atoms with Crippen LogP contribution in [-0.4, -0.2) is 12.5 Å².